The first-order chi connectivity index (χ1) is 7.18. The van der Waals surface area contributed by atoms with Crippen LogP contribution >= 0.6 is 0 Å². The molecule has 0 bridgehead atoms. The topological polar surface area (TPSA) is 35.2 Å². The number of halogens is 2. The van der Waals surface area contributed by atoms with Crippen LogP contribution in [0.15, 0.2) is 18.2 Å². The number of rotatable bonds is 2. The monoisotopic (exact) mass is 213 g/mol. The Labute approximate surface area is 87.0 Å². The van der Waals surface area contributed by atoms with Gasteiger partial charge in [-0.1, -0.05) is 18.2 Å². The molecule has 0 radical (unpaired) electrons. The predicted molar refractivity (Wildman–Crippen MR) is 52.7 cm³/mol. The number of nitrogens with two attached hydrogens (primary N) is 1. The van der Waals surface area contributed by atoms with Crippen molar-refractivity contribution in [1.82, 2.24) is 0 Å². The molecule has 1 atom stereocenters. The second kappa shape index (κ2) is 4.24. The molecule has 2 nitrogen and oxygen atoms in total. The van der Waals surface area contributed by atoms with Crippen LogP contribution in [0.25, 0.3) is 0 Å². The van der Waals surface area contributed by atoms with E-state index in [0.29, 0.717) is 18.8 Å². The van der Waals surface area contributed by atoms with Gasteiger partial charge in [-0.15, -0.1) is 0 Å². The Morgan fingerprint density at radius 3 is 2.80 bits per heavy atom. The summed E-state index contributed by atoms with van der Waals surface area (Å²) in [6.45, 7) is 1.22. The normalized spacial score (nSPS) is 17.6. The van der Waals surface area contributed by atoms with Crippen LogP contribution in [0, 0.1) is 0 Å². The number of alkyl halides is 2. The van der Waals surface area contributed by atoms with Crippen LogP contribution in [-0.2, 0) is 17.8 Å². The second-order valence-corrected chi connectivity index (χ2v) is 3.69. The molecular weight excluding hydrogens is 200 g/mol. The zero-order valence-electron chi connectivity index (χ0n) is 8.25. The van der Waals surface area contributed by atoms with Gasteiger partial charge in [0.25, 0.3) is 6.43 Å². The van der Waals surface area contributed by atoms with Gasteiger partial charge in [-0.3, -0.25) is 0 Å². The van der Waals surface area contributed by atoms with E-state index in [1.807, 2.05) is 6.07 Å². The quantitative estimate of drug-likeness (QED) is 0.815. The molecule has 82 valence electrons. The molecule has 0 spiro atoms. The lowest BCUT2D eigenvalue weighted by molar-refractivity contribution is 0.109. The third-order valence-corrected chi connectivity index (χ3v) is 2.66. The van der Waals surface area contributed by atoms with Crippen LogP contribution in [0.4, 0.5) is 8.78 Å². The molecule has 0 aliphatic carbocycles. The maximum Gasteiger partial charge on any atom is 0.257 e. The minimum Gasteiger partial charge on any atom is -0.376 e. The largest absolute Gasteiger partial charge is 0.376 e. The average molecular weight is 213 g/mol. The fraction of sp³-hybridized carbons (Fsp3) is 0.455. The Morgan fingerprint density at radius 1 is 1.27 bits per heavy atom. The highest BCUT2D eigenvalue weighted by atomic mass is 19.3. The lowest BCUT2D eigenvalue weighted by Crippen LogP contribution is -2.20. The van der Waals surface area contributed by atoms with E-state index in [9.17, 15) is 8.78 Å². The zero-order valence-corrected chi connectivity index (χ0v) is 8.25. The molecule has 1 aromatic carbocycles. The maximum atomic E-state index is 12.4. The molecule has 1 aliphatic heterocycles. The van der Waals surface area contributed by atoms with Gasteiger partial charge in [0.15, 0.2) is 0 Å². The van der Waals surface area contributed by atoms with E-state index in [1.165, 1.54) is 0 Å². The highest BCUT2D eigenvalue weighted by molar-refractivity contribution is 5.34. The Balaban J connectivity index is 2.27. The van der Waals surface area contributed by atoms with Gasteiger partial charge < -0.3 is 10.5 Å². The summed E-state index contributed by atoms with van der Waals surface area (Å²) in [4.78, 5) is 0. The SMILES string of the molecule is NC(c1ccc2c(c1)CCOC2)C(F)F. The molecule has 1 aromatic rings. The van der Waals surface area contributed by atoms with Crippen molar-refractivity contribution in [2.24, 2.45) is 5.73 Å². The lowest BCUT2D eigenvalue weighted by Gasteiger charge is -2.19. The van der Waals surface area contributed by atoms with Crippen LogP contribution in [0.1, 0.15) is 22.7 Å². The average Bonchev–Trinajstić information content (AvgIpc) is 2.27. The molecular formula is C11H13F2NO. The summed E-state index contributed by atoms with van der Waals surface area (Å²) in [6.07, 6.45) is -1.73. The predicted octanol–water partition coefficient (Wildman–Crippen LogP) is 2.02. The molecule has 0 fully saturated rings. The van der Waals surface area contributed by atoms with Gasteiger partial charge in [0.1, 0.15) is 0 Å². The number of hydrogen-bond donors (Lipinski definition) is 1. The Bertz CT molecular complexity index is 354. The van der Waals surface area contributed by atoms with Gasteiger partial charge in [0.05, 0.1) is 19.3 Å². The van der Waals surface area contributed by atoms with Gasteiger partial charge in [0, 0.05) is 0 Å². The van der Waals surface area contributed by atoms with Crippen LogP contribution in [0.2, 0.25) is 0 Å². The van der Waals surface area contributed by atoms with Gasteiger partial charge in [-0.2, -0.15) is 0 Å². The van der Waals surface area contributed by atoms with Gasteiger partial charge >= 0.3 is 0 Å². The number of ether oxygens (including phenoxy) is 1. The van der Waals surface area contributed by atoms with E-state index < -0.39 is 12.5 Å². The van der Waals surface area contributed by atoms with Crippen LogP contribution in [-0.4, -0.2) is 13.0 Å². The van der Waals surface area contributed by atoms with Crippen molar-refractivity contribution in [2.45, 2.75) is 25.5 Å². The Kier molecular flexibility index (Phi) is 2.98. The van der Waals surface area contributed by atoms with Crippen molar-refractivity contribution in [3.05, 3.63) is 34.9 Å². The Morgan fingerprint density at radius 2 is 2.07 bits per heavy atom. The van der Waals surface area contributed by atoms with Crippen molar-refractivity contribution in [3.63, 3.8) is 0 Å². The Hall–Kier alpha value is -1.00. The molecule has 15 heavy (non-hydrogen) atoms. The molecule has 0 saturated carbocycles. The molecule has 1 aliphatic rings. The van der Waals surface area contributed by atoms with Crippen molar-refractivity contribution in [2.75, 3.05) is 6.61 Å². The molecule has 0 aromatic heterocycles. The molecule has 1 heterocycles. The van der Waals surface area contributed by atoms with Crippen LogP contribution in [0.3, 0.4) is 0 Å². The van der Waals surface area contributed by atoms with E-state index >= 15 is 0 Å². The highest BCUT2D eigenvalue weighted by Crippen LogP contribution is 2.23. The minimum atomic E-state index is -2.51. The third kappa shape index (κ3) is 2.16. The summed E-state index contributed by atoms with van der Waals surface area (Å²) in [5.41, 5.74) is 8.05. The van der Waals surface area contributed by atoms with E-state index in [4.69, 9.17) is 10.5 Å². The van der Waals surface area contributed by atoms with Crippen molar-refractivity contribution < 1.29 is 13.5 Å². The van der Waals surface area contributed by atoms with Gasteiger partial charge in [0.2, 0.25) is 0 Å². The minimum absolute atomic E-state index is 0.505. The molecule has 2 rings (SSSR count). The first kappa shape index (κ1) is 10.5. The maximum absolute atomic E-state index is 12.4. The van der Waals surface area contributed by atoms with Crippen molar-refractivity contribution >= 4 is 0 Å². The standard InChI is InChI=1S/C11H13F2NO/c12-11(13)10(14)8-1-2-9-6-15-4-3-7(9)5-8/h1-2,5,10-11H,3-4,6,14H2. The van der Waals surface area contributed by atoms with E-state index in [0.717, 1.165) is 17.5 Å². The summed E-state index contributed by atoms with van der Waals surface area (Å²) in [5.74, 6) is 0. The summed E-state index contributed by atoms with van der Waals surface area (Å²) < 4.78 is 30.1. The van der Waals surface area contributed by atoms with Crippen molar-refractivity contribution in [3.8, 4) is 0 Å². The summed E-state index contributed by atoms with van der Waals surface area (Å²) in [7, 11) is 0. The molecule has 2 N–H and O–H groups in total. The van der Waals surface area contributed by atoms with E-state index in [1.54, 1.807) is 12.1 Å². The lowest BCUT2D eigenvalue weighted by atomic mass is 9.97. The summed E-state index contributed by atoms with van der Waals surface area (Å²) in [6, 6.07) is 4.07. The highest BCUT2D eigenvalue weighted by Gasteiger charge is 2.19. The fourth-order valence-corrected chi connectivity index (χ4v) is 1.74. The zero-order chi connectivity index (χ0) is 10.8. The third-order valence-electron chi connectivity index (χ3n) is 2.66. The van der Waals surface area contributed by atoms with Gasteiger partial charge in [-0.25, -0.2) is 8.78 Å². The molecule has 4 heteroatoms. The van der Waals surface area contributed by atoms with Crippen molar-refractivity contribution in [1.29, 1.82) is 0 Å². The smallest absolute Gasteiger partial charge is 0.257 e. The first-order valence-electron chi connectivity index (χ1n) is 4.91. The number of hydrogen-bond acceptors (Lipinski definition) is 2. The summed E-state index contributed by atoms with van der Waals surface area (Å²) >= 11 is 0. The van der Waals surface area contributed by atoms with Gasteiger partial charge in [-0.05, 0) is 23.1 Å². The fourth-order valence-electron chi connectivity index (χ4n) is 1.74. The van der Waals surface area contributed by atoms with Crippen LogP contribution in [0.5, 0.6) is 0 Å². The number of benzene rings is 1. The van der Waals surface area contributed by atoms with Crippen LogP contribution < -0.4 is 5.73 Å². The summed E-state index contributed by atoms with van der Waals surface area (Å²) in [5, 5.41) is 0. The molecule has 0 amide bonds. The second-order valence-electron chi connectivity index (χ2n) is 3.69. The first-order valence-corrected chi connectivity index (χ1v) is 4.91. The van der Waals surface area contributed by atoms with E-state index in [-0.39, 0.29) is 0 Å². The molecule has 0 saturated heterocycles. The molecule has 1 unspecified atom stereocenters. The van der Waals surface area contributed by atoms with E-state index in [2.05, 4.69) is 0 Å². The number of fused-ring (bicyclic) bond motifs is 1.